The minimum Gasteiger partial charge on any atom is -0.469 e. The van der Waals surface area contributed by atoms with Gasteiger partial charge >= 0.3 is 11.9 Å². The number of carbonyl (C=O) groups excluding carboxylic acids is 2. The summed E-state index contributed by atoms with van der Waals surface area (Å²) in [6, 6.07) is 0. The quantitative estimate of drug-likeness (QED) is 0.466. The van der Waals surface area contributed by atoms with E-state index in [4.69, 9.17) is 4.74 Å². The van der Waals surface area contributed by atoms with Gasteiger partial charge in [-0.3, -0.25) is 4.79 Å². The van der Waals surface area contributed by atoms with Crippen molar-refractivity contribution < 1.29 is 23.8 Å². The molecule has 0 saturated carbocycles. The fraction of sp³-hybridized carbons (Fsp3) is 0.818. The van der Waals surface area contributed by atoms with Gasteiger partial charge in [-0.15, -0.1) is 0 Å². The van der Waals surface area contributed by atoms with Crippen LogP contribution in [0, 0.1) is 0 Å². The van der Waals surface area contributed by atoms with Crippen molar-refractivity contribution in [1.82, 2.24) is 0 Å². The molecule has 0 amide bonds. The molecule has 0 aliphatic heterocycles. The minimum atomic E-state index is -0.521. The lowest BCUT2D eigenvalue weighted by Gasteiger charge is -2.13. The van der Waals surface area contributed by atoms with Crippen molar-refractivity contribution in [1.29, 1.82) is 0 Å². The van der Waals surface area contributed by atoms with Crippen LogP contribution in [0.25, 0.3) is 0 Å². The number of unbranched alkanes of at least 4 members (excludes halogenated alkanes) is 1. The zero-order valence-corrected chi connectivity index (χ0v) is 10.2. The van der Waals surface area contributed by atoms with Gasteiger partial charge in [0.25, 0.3) is 0 Å². The normalized spacial score (nSPS) is 11.9. The van der Waals surface area contributed by atoms with Crippen LogP contribution in [-0.4, -0.2) is 38.9 Å². The van der Waals surface area contributed by atoms with Crippen molar-refractivity contribution in [3.63, 3.8) is 0 Å². The fourth-order valence-corrected chi connectivity index (χ4v) is 1.30. The second-order valence-corrected chi connectivity index (χ2v) is 3.29. The summed E-state index contributed by atoms with van der Waals surface area (Å²) >= 11 is 0. The molecule has 0 aromatic heterocycles. The van der Waals surface area contributed by atoms with Crippen LogP contribution in [0.15, 0.2) is 0 Å². The van der Waals surface area contributed by atoms with Crippen LogP contribution < -0.4 is 0 Å². The Bertz CT molecular complexity index is 214. The molecule has 0 fully saturated rings. The standard InChI is InChI=1S/C11H20O5/c1-4-16-9(11(13)15-3)7-5-6-8-10(12)14-2/h9H,4-8H2,1-3H3. The van der Waals surface area contributed by atoms with Gasteiger partial charge < -0.3 is 14.2 Å². The number of ether oxygens (including phenoxy) is 3. The smallest absolute Gasteiger partial charge is 0.334 e. The molecule has 0 spiro atoms. The molecule has 0 bridgehead atoms. The highest BCUT2D eigenvalue weighted by molar-refractivity contribution is 5.74. The third-order valence-corrected chi connectivity index (χ3v) is 2.16. The van der Waals surface area contributed by atoms with Gasteiger partial charge in [0.1, 0.15) is 0 Å². The Labute approximate surface area is 96.1 Å². The Morgan fingerprint density at radius 1 is 1.12 bits per heavy atom. The lowest BCUT2D eigenvalue weighted by atomic mass is 10.1. The zero-order chi connectivity index (χ0) is 12.4. The zero-order valence-electron chi connectivity index (χ0n) is 10.2. The van der Waals surface area contributed by atoms with E-state index in [-0.39, 0.29) is 11.9 Å². The van der Waals surface area contributed by atoms with E-state index in [0.29, 0.717) is 25.9 Å². The SMILES string of the molecule is CCOC(CCCCC(=O)OC)C(=O)OC. The molecule has 0 heterocycles. The molecular weight excluding hydrogens is 212 g/mol. The summed E-state index contributed by atoms with van der Waals surface area (Å²) in [4.78, 5) is 22.1. The van der Waals surface area contributed by atoms with Gasteiger partial charge in [0.05, 0.1) is 14.2 Å². The molecular formula is C11H20O5. The number of rotatable bonds is 8. The van der Waals surface area contributed by atoms with Crippen LogP contribution >= 0.6 is 0 Å². The summed E-state index contributed by atoms with van der Waals surface area (Å²) in [7, 11) is 2.70. The first-order valence-corrected chi connectivity index (χ1v) is 5.41. The Hall–Kier alpha value is -1.10. The molecule has 0 aliphatic rings. The Kier molecular flexibility index (Phi) is 8.52. The molecule has 0 N–H and O–H groups in total. The van der Waals surface area contributed by atoms with Crippen LogP contribution in [0.5, 0.6) is 0 Å². The average molecular weight is 232 g/mol. The summed E-state index contributed by atoms with van der Waals surface area (Å²) in [6.45, 7) is 2.29. The molecule has 0 aromatic rings. The highest BCUT2D eigenvalue weighted by Gasteiger charge is 2.18. The number of hydrogen-bond acceptors (Lipinski definition) is 5. The predicted octanol–water partition coefficient (Wildman–Crippen LogP) is 1.30. The summed E-state index contributed by atoms with van der Waals surface area (Å²) in [5.74, 6) is -0.592. The van der Waals surface area contributed by atoms with Crippen molar-refractivity contribution in [2.24, 2.45) is 0 Å². The number of esters is 2. The van der Waals surface area contributed by atoms with Crippen LogP contribution in [0.2, 0.25) is 0 Å². The lowest BCUT2D eigenvalue weighted by molar-refractivity contribution is -0.154. The van der Waals surface area contributed by atoms with Crippen LogP contribution in [0.1, 0.15) is 32.6 Å². The maximum absolute atomic E-state index is 11.2. The highest BCUT2D eigenvalue weighted by atomic mass is 16.6. The molecule has 0 aromatic carbocycles. The van der Waals surface area contributed by atoms with Gasteiger partial charge in [-0.25, -0.2) is 4.79 Å². The van der Waals surface area contributed by atoms with E-state index < -0.39 is 6.10 Å². The van der Waals surface area contributed by atoms with Gasteiger partial charge in [0, 0.05) is 13.0 Å². The van der Waals surface area contributed by atoms with Gasteiger partial charge in [-0.2, -0.15) is 0 Å². The highest BCUT2D eigenvalue weighted by Crippen LogP contribution is 2.09. The Morgan fingerprint density at radius 2 is 1.81 bits per heavy atom. The van der Waals surface area contributed by atoms with Gasteiger partial charge in [-0.1, -0.05) is 0 Å². The third-order valence-electron chi connectivity index (χ3n) is 2.16. The molecule has 16 heavy (non-hydrogen) atoms. The number of carbonyl (C=O) groups is 2. The molecule has 0 radical (unpaired) electrons. The topological polar surface area (TPSA) is 61.8 Å². The Balaban J connectivity index is 3.76. The minimum absolute atomic E-state index is 0.231. The molecule has 0 rings (SSSR count). The largest absolute Gasteiger partial charge is 0.469 e. The van der Waals surface area contributed by atoms with E-state index in [1.54, 1.807) is 0 Å². The van der Waals surface area contributed by atoms with E-state index in [9.17, 15) is 9.59 Å². The number of hydrogen-bond donors (Lipinski definition) is 0. The summed E-state index contributed by atoms with van der Waals surface area (Å²) < 4.78 is 14.4. The van der Waals surface area contributed by atoms with Crippen molar-refractivity contribution in [3.05, 3.63) is 0 Å². The van der Waals surface area contributed by atoms with Crippen LogP contribution in [0.3, 0.4) is 0 Å². The molecule has 0 saturated heterocycles. The van der Waals surface area contributed by atoms with Gasteiger partial charge in [0.15, 0.2) is 6.10 Å². The lowest BCUT2D eigenvalue weighted by Crippen LogP contribution is -2.25. The molecule has 5 heteroatoms. The maximum atomic E-state index is 11.2. The molecule has 0 aliphatic carbocycles. The summed E-state index contributed by atoms with van der Waals surface area (Å²) in [5.41, 5.74) is 0. The van der Waals surface area contributed by atoms with Crippen molar-refractivity contribution >= 4 is 11.9 Å². The van der Waals surface area contributed by atoms with E-state index in [1.807, 2.05) is 6.92 Å². The van der Waals surface area contributed by atoms with Gasteiger partial charge in [-0.05, 0) is 26.2 Å². The van der Waals surface area contributed by atoms with Gasteiger partial charge in [0.2, 0.25) is 0 Å². The summed E-state index contributed by atoms with van der Waals surface area (Å²) in [5, 5.41) is 0. The maximum Gasteiger partial charge on any atom is 0.334 e. The molecule has 5 nitrogen and oxygen atoms in total. The van der Waals surface area contributed by atoms with Crippen LogP contribution in [-0.2, 0) is 23.8 Å². The number of methoxy groups -OCH3 is 2. The fourth-order valence-electron chi connectivity index (χ4n) is 1.30. The first-order valence-electron chi connectivity index (χ1n) is 5.41. The molecule has 94 valence electrons. The second-order valence-electron chi connectivity index (χ2n) is 3.29. The monoisotopic (exact) mass is 232 g/mol. The summed E-state index contributed by atoms with van der Waals surface area (Å²) in [6.07, 6.45) is 1.84. The predicted molar refractivity (Wildman–Crippen MR) is 57.9 cm³/mol. The molecule has 1 unspecified atom stereocenters. The third kappa shape index (κ3) is 6.40. The van der Waals surface area contributed by atoms with E-state index >= 15 is 0 Å². The first-order chi connectivity index (χ1) is 7.65. The van der Waals surface area contributed by atoms with E-state index in [0.717, 1.165) is 6.42 Å². The van der Waals surface area contributed by atoms with Crippen molar-refractivity contribution in [2.45, 2.75) is 38.7 Å². The van der Waals surface area contributed by atoms with E-state index in [2.05, 4.69) is 9.47 Å². The van der Waals surface area contributed by atoms with Crippen molar-refractivity contribution in [2.75, 3.05) is 20.8 Å². The first kappa shape index (κ1) is 14.9. The second kappa shape index (κ2) is 9.15. The van der Waals surface area contributed by atoms with E-state index in [1.165, 1.54) is 14.2 Å². The van der Waals surface area contributed by atoms with Crippen molar-refractivity contribution in [3.8, 4) is 0 Å². The Morgan fingerprint density at radius 3 is 2.31 bits per heavy atom. The molecule has 1 atom stereocenters. The average Bonchev–Trinajstić information content (AvgIpc) is 2.31. The van der Waals surface area contributed by atoms with Crippen LogP contribution in [0.4, 0.5) is 0 Å².